The first-order valence-electron chi connectivity index (χ1n) is 3.45. The smallest absolute Gasteiger partial charge is 0.237 e. The monoisotopic (exact) mass is 296 g/mol. The molecule has 0 saturated carbocycles. The second-order valence-corrected chi connectivity index (χ2v) is 5.62. The van der Waals surface area contributed by atoms with E-state index < -0.39 is 39.2 Å². The standard InChI is InChI=1S/C5H4ClF7O2S/c6-16(14,15)1-2(4(8,9)10)3(7)5(11,12)13/h2-3H,1H2. The molecular formula is C5H4ClF7O2S. The van der Waals surface area contributed by atoms with Crippen LogP contribution >= 0.6 is 10.7 Å². The van der Waals surface area contributed by atoms with E-state index in [1.165, 1.54) is 0 Å². The van der Waals surface area contributed by atoms with Gasteiger partial charge in [0.2, 0.25) is 15.2 Å². The minimum atomic E-state index is -5.80. The molecule has 0 aliphatic carbocycles. The van der Waals surface area contributed by atoms with Gasteiger partial charge < -0.3 is 0 Å². The second kappa shape index (κ2) is 4.55. The molecule has 16 heavy (non-hydrogen) atoms. The number of rotatable bonds is 3. The lowest BCUT2D eigenvalue weighted by Gasteiger charge is -2.23. The Balaban J connectivity index is 5.13. The normalized spacial score (nSPS) is 18.2. The molecule has 2 nitrogen and oxygen atoms in total. The molecule has 0 bridgehead atoms. The first-order chi connectivity index (χ1) is 6.75. The van der Waals surface area contributed by atoms with Crippen molar-refractivity contribution in [3.63, 3.8) is 0 Å². The first kappa shape index (κ1) is 15.8. The summed E-state index contributed by atoms with van der Waals surface area (Å²) in [6, 6.07) is 0. The summed E-state index contributed by atoms with van der Waals surface area (Å²) in [4.78, 5) is 0. The van der Waals surface area contributed by atoms with E-state index in [0.29, 0.717) is 0 Å². The maximum Gasteiger partial charge on any atom is 0.420 e. The van der Waals surface area contributed by atoms with E-state index in [1.54, 1.807) is 0 Å². The quantitative estimate of drug-likeness (QED) is 0.593. The van der Waals surface area contributed by atoms with Gasteiger partial charge >= 0.3 is 12.4 Å². The van der Waals surface area contributed by atoms with Gasteiger partial charge in [0.05, 0.1) is 5.75 Å². The van der Waals surface area contributed by atoms with Crippen molar-refractivity contribution in [2.75, 3.05) is 5.75 Å². The summed E-state index contributed by atoms with van der Waals surface area (Å²) in [7, 11) is -0.533. The third-order valence-corrected chi connectivity index (χ3v) is 2.60. The zero-order valence-corrected chi connectivity index (χ0v) is 8.68. The molecule has 0 spiro atoms. The predicted molar refractivity (Wildman–Crippen MR) is 40.1 cm³/mol. The van der Waals surface area contributed by atoms with E-state index in [-0.39, 0.29) is 0 Å². The van der Waals surface area contributed by atoms with Gasteiger partial charge in [0.15, 0.2) is 0 Å². The summed E-state index contributed by atoms with van der Waals surface area (Å²) in [5, 5.41) is 0. The molecule has 0 saturated heterocycles. The highest BCUT2D eigenvalue weighted by Crippen LogP contribution is 2.39. The molecule has 0 aromatic heterocycles. The van der Waals surface area contributed by atoms with Crippen LogP contribution in [0.4, 0.5) is 30.7 Å². The Hall–Kier alpha value is -0.250. The van der Waals surface area contributed by atoms with Gasteiger partial charge in [-0.25, -0.2) is 12.8 Å². The third-order valence-electron chi connectivity index (χ3n) is 1.47. The Labute approximate surface area is 89.8 Å². The highest BCUT2D eigenvalue weighted by atomic mass is 35.7. The maximum atomic E-state index is 12.4. The van der Waals surface area contributed by atoms with Crippen LogP contribution in [0.25, 0.3) is 0 Å². The predicted octanol–water partition coefficient (Wildman–Crippen LogP) is 2.63. The zero-order chi connectivity index (χ0) is 13.4. The van der Waals surface area contributed by atoms with E-state index in [2.05, 4.69) is 10.7 Å². The van der Waals surface area contributed by atoms with Crippen LogP contribution in [0.5, 0.6) is 0 Å². The van der Waals surface area contributed by atoms with Gasteiger partial charge in [0.1, 0.15) is 5.92 Å². The number of alkyl halides is 7. The van der Waals surface area contributed by atoms with Gasteiger partial charge in [-0.15, -0.1) is 0 Å². The van der Waals surface area contributed by atoms with Crippen molar-refractivity contribution in [3.8, 4) is 0 Å². The van der Waals surface area contributed by atoms with E-state index in [4.69, 9.17) is 0 Å². The van der Waals surface area contributed by atoms with Crippen molar-refractivity contribution in [2.45, 2.75) is 18.5 Å². The molecule has 0 heterocycles. The third kappa shape index (κ3) is 5.19. The minimum absolute atomic E-state index is 2.17. The number of hydrogen-bond acceptors (Lipinski definition) is 2. The fraction of sp³-hybridized carbons (Fsp3) is 1.00. The van der Waals surface area contributed by atoms with Crippen molar-refractivity contribution < 1.29 is 39.2 Å². The van der Waals surface area contributed by atoms with Gasteiger partial charge in [0, 0.05) is 10.7 Å². The van der Waals surface area contributed by atoms with Crippen molar-refractivity contribution >= 4 is 19.7 Å². The fourth-order valence-electron chi connectivity index (χ4n) is 0.787. The summed E-state index contributed by atoms with van der Waals surface area (Å²) >= 11 is 0. The average molecular weight is 297 g/mol. The van der Waals surface area contributed by atoms with Crippen molar-refractivity contribution in [1.82, 2.24) is 0 Å². The average Bonchev–Trinajstić information content (AvgIpc) is 1.93. The fourth-order valence-corrected chi connectivity index (χ4v) is 1.98. The van der Waals surface area contributed by atoms with Crippen LogP contribution in [0.1, 0.15) is 0 Å². The Morgan fingerprint density at radius 2 is 1.38 bits per heavy atom. The number of hydrogen-bond donors (Lipinski definition) is 0. The minimum Gasteiger partial charge on any atom is -0.237 e. The lowest BCUT2D eigenvalue weighted by atomic mass is 10.1. The van der Waals surface area contributed by atoms with Gasteiger partial charge in [-0.05, 0) is 0 Å². The zero-order valence-electron chi connectivity index (χ0n) is 7.11. The van der Waals surface area contributed by atoms with Crippen LogP contribution in [-0.2, 0) is 9.05 Å². The van der Waals surface area contributed by atoms with Crippen LogP contribution in [0.2, 0.25) is 0 Å². The molecule has 0 aromatic carbocycles. The highest BCUT2D eigenvalue weighted by molar-refractivity contribution is 8.13. The molecule has 0 fully saturated rings. The van der Waals surface area contributed by atoms with E-state index in [0.717, 1.165) is 0 Å². The molecule has 0 amide bonds. The lowest BCUT2D eigenvalue weighted by molar-refractivity contribution is -0.250. The summed E-state index contributed by atoms with van der Waals surface area (Å²) in [6.07, 6.45) is -15.8. The van der Waals surface area contributed by atoms with E-state index >= 15 is 0 Å². The van der Waals surface area contributed by atoms with Crippen molar-refractivity contribution in [2.24, 2.45) is 5.92 Å². The first-order valence-corrected chi connectivity index (χ1v) is 5.93. The molecule has 0 aliphatic heterocycles. The van der Waals surface area contributed by atoms with Crippen molar-refractivity contribution in [1.29, 1.82) is 0 Å². The molecule has 0 N–H and O–H groups in total. The largest absolute Gasteiger partial charge is 0.420 e. The lowest BCUT2D eigenvalue weighted by Crippen LogP contribution is -2.43. The van der Waals surface area contributed by atoms with Gasteiger partial charge in [-0.1, -0.05) is 0 Å². The molecule has 0 rings (SSSR count). The summed E-state index contributed by atoms with van der Waals surface area (Å²) in [6.45, 7) is 0. The topological polar surface area (TPSA) is 34.1 Å². The van der Waals surface area contributed by atoms with Gasteiger partial charge in [0.25, 0.3) is 0 Å². The Kier molecular flexibility index (Phi) is 4.48. The summed E-state index contributed by atoms with van der Waals surface area (Å²) in [5.74, 6) is -5.89. The molecule has 0 radical (unpaired) electrons. The Morgan fingerprint density at radius 1 is 1.00 bits per heavy atom. The van der Waals surface area contributed by atoms with Crippen LogP contribution in [0.15, 0.2) is 0 Å². The van der Waals surface area contributed by atoms with Crippen molar-refractivity contribution in [3.05, 3.63) is 0 Å². The maximum absolute atomic E-state index is 12.4. The van der Waals surface area contributed by atoms with Crippen LogP contribution in [0, 0.1) is 5.92 Å². The summed E-state index contributed by atoms with van der Waals surface area (Å²) in [5.41, 5.74) is 0. The molecular weight excluding hydrogens is 293 g/mol. The molecule has 98 valence electrons. The molecule has 2 unspecified atom stereocenters. The Bertz CT molecular complexity index is 332. The SMILES string of the molecule is O=S(=O)(Cl)CC(C(F)C(F)(F)F)C(F)(F)F. The van der Waals surface area contributed by atoms with E-state index in [1.807, 2.05) is 0 Å². The molecule has 2 atom stereocenters. The number of halogens is 8. The Morgan fingerprint density at radius 3 is 1.56 bits per heavy atom. The van der Waals surface area contributed by atoms with E-state index in [9.17, 15) is 39.2 Å². The van der Waals surface area contributed by atoms with Crippen LogP contribution in [-0.4, -0.2) is 32.7 Å². The van der Waals surface area contributed by atoms with Crippen LogP contribution in [0.3, 0.4) is 0 Å². The summed E-state index contributed by atoms with van der Waals surface area (Å²) < 4.78 is 104. The molecule has 0 aromatic rings. The van der Waals surface area contributed by atoms with Gasteiger partial charge in [-0.3, -0.25) is 0 Å². The molecule has 0 aliphatic rings. The highest BCUT2D eigenvalue weighted by Gasteiger charge is 2.57. The second-order valence-electron chi connectivity index (χ2n) is 2.80. The van der Waals surface area contributed by atoms with Crippen LogP contribution < -0.4 is 0 Å². The van der Waals surface area contributed by atoms with Gasteiger partial charge in [-0.2, -0.15) is 26.3 Å². The molecule has 11 heteroatoms.